The van der Waals surface area contributed by atoms with Crippen LogP contribution in [0.3, 0.4) is 0 Å². The average Bonchev–Trinajstić information content (AvgIpc) is 2.63. The van der Waals surface area contributed by atoms with Crippen LogP contribution in [0.1, 0.15) is 30.9 Å². The molecule has 1 aromatic rings. The number of nitrogens with zero attached hydrogens (tertiary/aromatic N) is 1. The van der Waals surface area contributed by atoms with Crippen LogP contribution in [-0.2, 0) is 11.3 Å². The van der Waals surface area contributed by atoms with Gasteiger partial charge in [0, 0.05) is 43.0 Å². The molecule has 0 amide bonds. The van der Waals surface area contributed by atoms with Crippen LogP contribution in [0.5, 0.6) is 0 Å². The summed E-state index contributed by atoms with van der Waals surface area (Å²) in [6, 6.07) is 6.61. The number of aryl methyl sites for hydroxylation is 1. The minimum absolute atomic E-state index is 0.263. The van der Waals surface area contributed by atoms with Gasteiger partial charge in [0.15, 0.2) is 5.96 Å². The molecule has 140 valence electrons. The van der Waals surface area contributed by atoms with Crippen molar-refractivity contribution >= 4 is 29.5 Å². The lowest BCUT2D eigenvalue weighted by Gasteiger charge is -2.37. The first kappa shape index (κ1) is 20.5. The van der Waals surface area contributed by atoms with Gasteiger partial charge in [0.25, 0.3) is 0 Å². The van der Waals surface area contributed by atoms with Gasteiger partial charge >= 0.3 is 0 Å². The normalized spacial score (nSPS) is 17.4. The van der Waals surface area contributed by atoms with Crippen LogP contribution in [0.25, 0.3) is 0 Å². The Morgan fingerprint density at radius 3 is 2.68 bits per heavy atom. The van der Waals surface area contributed by atoms with Gasteiger partial charge in [-0.3, -0.25) is 4.99 Å². The third-order valence-electron chi connectivity index (χ3n) is 4.55. The van der Waals surface area contributed by atoms with Crippen molar-refractivity contribution in [3.8, 4) is 0 Å². The number of thioether (sulfide) groups is 2. The Balaban J connectivity index is 1.92. The smallest absolute Gasteiger partial charge is 0.191 e. The molecule has 0 unspecified atom stereocenters. The summed E-state index contributed by atoms with van der Waals surface area (Å²) in [7, 11) is 1.84. The van der Waals surface area contributed by atoms with Crippen LogP contribution >= 0.6 is 23.5 Å². The second kappa shape index (κ2) is 10.3. The monoisotopic (exact) mass is 381 g/mol. The fourth-order valence-electron chi connectivity index (χ4n) is 3.06. The first-order valence-electron chi connectivity index (χ1n) is 8.92. The second-order valence-corrected chi connectivity index (χ2v) is 8.90. The van der Waals surface area contributed by atoms with Crippen LogP contribution in [0, 0.1) is 6.92 Å². The number of guanidine groups is 1. The highest BCUT2D eigenvalue weighted by molar-refractivity contribution is 8.00. The molecule has 2 N–H and O–H groups in total. The minimum atomic E-state index is 0.263. The van der Waals surface area contributed by atoms with Crippen LogP contribution in [0.4, 0.5) is 0 Å². The summed E-state index contributed by atoms with van der Waals surface area (Å²) in [6.45, 7) is 7.81. The zero-order chi connectivity index (χ0) is 18.1. The molecule has 1 saturated heterocycles. The molecule has 4 nitrogen and oxygen atoms in total. The zero-order valence-corrected chi connectivity index (χ0v) is 17.5. The topological polar surface area (TPSA) is 45.7 Å². The molecule has 0 saturated carbocycles. The number of aliphatic imine (C=N–C) groups is 1. The van der Waals surface area contributed by atoms with E-state index in [1.165, 1.54) is 16.0 Å². The minimum Gasteiger partial charge on any atom is -0.381 e. The van der Waals surface area contributed by atoms with Crippen molar-refractivity contribution < 1.29 is 4.74 Å². The Morgan fingerprint density at radius 1 is 1.28 bits per heavy atom. The number of rotatable bonds is 7. The predicted octanol–water partition coefficient (Wildman–Crippen LogP) is 3.68. The zero-order valence-electron chi connectivity index (χ0n) is 15.9. The molecule has 1 fully saturated rings. The van der Waals surface area contributed by atoms with Crippen molar-refractivity contribution in [3.05, 3.63) is 29.3 Å². The van der Waals surface area contributed by atoms with Crippen LogP contribution in [0.2, 0.25) is 0 Å². The molecule has 0 bridgehead atoms. The first-order valence-corrected chi connectivity index (χ1v) is 11.1. The van der Waals surface area contributed by atoms with Crippen molar-refractivity contribution in [1.82, 2.24) is 10.6 Å². The maximum Gasteiger partial charge on any atom is 0.191 e. The van der Waals surface area contributed by atoms with Crippen LogP contribution in [0.15, 0.2) is 28.1 Å². The van der Waals surface area contributed by atoms with Gasteiger partial charge in [-0.1, -0.05) is 19.1 Å². The Bertz CT molecular complexity index is 566. The SMILES string of the molecule is CCSC1(CNC(=NC)NCc2ccc(C)cc2SC)CCOCC1. The summed E-state index contributed by atoms with van der Waals surface area (Å²) in [5.41, 5.74) is 2.61. The summed E-state index contributed by atoms with van der Waals surface area (Å²) in [5.74, 6) is 2.00. The van der Waals surface area contributed by atoms with Gasteiger partial charge in [-0.05, 0) is 49.0 Å². The van der Waals surface area contributed by atoms with Crippen molar-refractivity contribution in [2.75, 3.05) is 38.8 Å². The van der Waals surface area contributed by atoms with Crippen LogP contribution < -0.4 is 10.6 Å². The average molecular weight is 382 g/mol. The number of nitrogens with one attached hydrogen (secondary N) is 2. The molecule has 1 heterocycles. The molecule has 0 aliphatic carbocycles. The van der Waals surface area contributed by atoms with E-state index in [1.54, 1.807) is 11.8 Å². The van der Waals surface area contributed by atoms with Crippen LogP contribution in [-0.4, -0.2) is 49.5 Å². The summed E-state index contributed by atoms with van der Waals surface area (Å²) in [6.07, 6.45) is 4.33. The standard InChI is InChI=1S/C19H31N3OS2/c1-5-25-19(8-10-23-11-9-19)14-22-18(20-3)21-13-16-7-6-15(2)12-17(16)24-4/h6-7,12H,5,8-11,13-14H2,1-4H3,(H2,20,21,22). The van der Waals surface area contributed by atoms with E-state index in [-0.39, 0.29) is 4.75 Å². The van der Waals surface area contributed by atoms with E-state index in [1.807, 2.05) is 18.8 Å². The van der Waals surface area contributed by atoms with Gasteiger partial charge in [0.1, 0.15) is 0 Å². The van der Waals surface area contributed by atoms with E-state index in [2.05, 4.69) is 53.9 Å². The third-order valence-corrected chi connectivity index (χ3v) is 6.82. The molecule has 0 aromatic heterocycles. The number of ether oxygens (including phenoxy) is 1. The fraction of sp³-hybridized carbons (Fsp3) is 0.632. The van der Waals surface area contributed by atoms with E-state index in [0.717, 1.165) is 50.9 Å². The molecule has 1 aliphatic rings. The largest absolute Gasteiger partial charge is 0.381 e. The molecule has 6 heteroatoms. The lowest BCUT2D eigenvalue weighted by Crippen LogP contribution is -2.48. The molecule has 0 atom stereocenters. The molecule has 1 aliphatic heterocycles. The molecule has 0 radical (unpaired) electrons. The summed E-state index contributed by atoms with van der Waals surface area (Å²) < 4.78 is 5.82. The lowest BCUT2D eigenvalue weighted by atomic mass is 9.99. The van der Waals surface area contributed by atoms with E-state index < -0.39 is 0 Å². The maximum atomic E-state index is 5.56. The fourth-order valence-corrected chi connectivity index (χ4v) is 5.01. The number of hydrogen-bond donors (Lipinski definition) is 2. The van der Waals surface area contributed by atoms with E-state index >= 15 is 0 Å². The van der Waals surface area contributed by atoms with Crippen molar-refractivity contribution in [2.45, 2.75) is 42.9 Å². The summed E-state index contributed by atoms with van der Waals surface area (Å²) in [4.78, 5) is 5.72. The Kier molecular flexibility index (Phi) is 8.46. The number of benzene rings is 1. The van der Waals surface area contributed by atoms with E-state index in [0.29, 0.717) is 0 Å². The van der Waals surface area contributed by atoms with E-state index in [4.69, 9.17) is 4.74 Å². The van der Waals surface area contributed by atoms with Gasteiger partial charge in [0.05, 0.1) is 0 Å². The highest BCUT2D eigenvalue weighted by Crippen LogP contribution is 2.34. The van der Waals surface area contributed by atoms with Crippen molar-refractivity contribution in [3.63, 3.8) is 0 Å². The maximum absolute atomic E-state index is 5.56. The van der Waals surface area contributed by atoms with E-state index in [9.17, 15) is 0 Å². The molecule has 1 aromatic carbocycles. The van der Waals surface area contributed by atoms with Crippen molar-refractivity contribution in [2.24, 2.45) is 4.99 Å². The third kappa shape index (κ3) is 6.12. The predicted molar refractivity (Wildman–Crippen MR) is 112 cm³/mol. The van der Waals surface area contributed by atoms with Gasteiger partial charge in [-0.15, -0.1) is 11.8 Å². The summed E-state index contributed by atoms with van der Waals surface area (Å²) >= 11 is 3.84. The molecular weight excluding hydrogens is 350 g/mol. The molecule has 2 rings (SSSR count). The van der Waals surface area contributed by atoms with Gasteiger partial charge in [-0.2, -0.15) is 11.8 Å². The molecular formula is C19H31N3OS2. The van der Waals surface area contributed by atoms with Gasteiger partial charge in [0.2, 0.25) is 0 Å². The quantitative estimate of drug-likeness (QED) is 0.428. The summed E-state index contributed by atoms with van der Waals surface area (Å²) in [5, 5.41) is 7.00. The highest BCUT2D eigenvalue weighted by atomic mass is 32.2. The Hall–Kier alpha value is -0.850. The molecule has 0 spiro atoms. The molecule has 25 heavy (non-hydrogen) atoms. The first-order chi connectivity index (χ1) is 12.1. The van der Waals surface area contributed by atoms with Gasteiger partial charge < -0.3 is 15.4 Å². The van der Waals surface area contributed by atoms with Gasteiger partial charge in [-0.25, -0.2) is 0 Å². The van der Waals surface area contributed by atoms with Crippen molar-refractivity contribution in [1.29, 1.82) is 0 Å². The number of hydrogen-bond acceptors (Lipinski definition) is 4. The lowest BCUT2D eigenvalue weighted by molar-refractivity contribution is 0.0782. The Labute approximate surface area is 161 Å². The highest BCUT2D eigenvalue weighted by Gasteiger charge is 2.32. The second-order valence-electron chi connectivity index (χ2n) is 6.32. The Morgan fingerprint density at radius 2 is 2.04 bits per heavy atom.